The zero-order chi connectivity index (χ0) is 32.4. The third kappa shape index (κ3) is 10.5. The summed E-state index contributed by atoms with van der Waals surface area (Å²) in [5, 5.41) is 13.7. The van der Waals surface area contributed by atoms with Gasteiger partial charge in [-0.15, -0.1) is 0 Å². The number of nitrogens with two attached hydrogens (primary N) is 1. The van der Waals surface area contributed by atoms with E-state index in [2.05, 4.69) is 10.3 Å². The number of benzene rings is 2. The van der Waals surface area contributed by atoms with Crippen molar-refractivity contribution in [2.45, 2.75) is 71.2 Å². The Kier molecular flexibility index (Phi) is 12.6. The molecule has 0 spiro atoms. The SMILES string of the molecule is CCCCS(=O)(=O)C[C@@H](NC(=O)c1cc(C)c[nH]1)C(=O)N(Cc1cccc(CC)c1)C[C@@H](O)[C@@H](N)Cc1cc(F)cc(F)c1. The third-order valence-corrected chi connectivity index (χ3v) is 9.04. The number of amides is 2. The zero-order valence-corrected chi connectivity index (χ0v) is 26.2. The fraction of sp³-hybridized carbons (Fsp3) is 0.438. The van der Waals surface area contributed by atoms with E-state index >= 15 is 0 Å². The predicted molar refractivity (Wildman–Crippen MR) is 166 cm³/mol. The number of aromatic amines is 1. The summed E-state index contributed by atoms with van der Waals surface area (Å²) in [7, 11) is -3.75. The molecule has 5 N–H and O–H groups in total. The molecule has 44 heavy (non-hydrogen) atoms. The Morgan fingerprint density at radius 2 is 1.73 bits per heavy atom. The van der Waals surface area contributed by atoms with E-state index in [-0.39, 0.29) is 36.5 Å². The molecule has 12 heteroatoms. The molecule has 0 saturated heterocycles. The smallest absolute Gasteiger partial charge is 0.268 e. The minimum absolute atomic E-state index is 0.00592. The summed E-state index contributed by atoms with van der Waals surface area (Å²) >= 11 is 0. The number of nitrogens with one attached hydrogen (secondary N) is 2. The summed E-state index contributed by atoms with van der Waals surface area (Å²) < 4.78 is 53.5. The van der Waals surface area contributed by atoms with Gasteiger partial charge in [0.25, 0.3) is 5.91 Å². The Morgan fingerprint density at radius 3 is 2.34 bits per heavy atom. The van der Waals surface area contributed by atoms with Gasteiger partial charge in [-0.2, -0.15) is 0 Å². The molecule has 3 atom stereocenters. The molecule has 3 rings (SSSR count). The maximum Gasteiger partial charge on any atom is 0.268 e. The first-order valence-corrected chi connectivity index (χ1v) is 16.5. The van der Waals surface area contributed by atoms with Crippen LogP contribution in [0.25, 0.3) is 0 Å². The Hall–Kier alpha value is -3.61. The van der Waals surface area contributed by atoms with Crippen molar-refractivity contribution >= 4 is 21.7 Å². The van der Waals surface area contributed by atoms with Crippen molar-refractivity contribution in [1.29, 1.82) is 0 Å². The Labute approximate surface area is 257 Å². The number of aryl methyl sites for hydroxylation is 2. The van der Waals surface area contributed by atoms with E-state index in [9.17, 15) is 31.9 Å². The van der Waals surface area contributed by atoms with Crippen molar-refractivity contribution in [3.63, 3.8) is 0 Å². The lowest BCUT2D eigenvalue weighted by molar-refractivity contribution is -0.135. The molecule has 0 unspecified atom stereocenters. The van der Waals surface area contributed by atoms with Gasteiger partial charge in [0.2, 0.25) is 5.91 Å². The van der Waals surface area contributed by atoms with Crippen molar-refractivity contribution in [2.24, 2.45) is 5.73 Å². The molecule has 2 amide bonds. The predicted octanol–water partition coefficient (Wildman–Crippen LogP) is 3.44. The van der Waals surface area contributed by atoms with Crippen LogP contribution in [0.15, 0.2) is 54.7 Å². The van der Waals surface area contributed by atoms with Gasteiger partial charge in [-0.3, -0.25) is 9.59 Å². The molecule has 9 nitrogen and oxygen atoms in total. The molecular formula is C32H42F2N4O5S. The van der Waals surface area contributed by atoms with Crippen LogP contribution in [0.3, 0.4) is 0 Å². The fourth-order valence-electron chi connectivity index (χ4n) is 4.87. The largest absolute Gasteiger partial charge is 0.390 e. The number of carbonyl (C=O) groups is 2. The summed E-state index contributed by atoms with van der Waals surface area (Å²) in [6.45, 7) is 5.28. The maximum absolute atomic E-state index is 14.1. The summed E-state index contributed by atoms with van der Waals surface area (Å²) in [4.78, 5) is 31.3. The van der Waals surface area contributed by atoms with Gasteiger partial charge in [-0.25, -0.2) is 17.2 Å². The quantitative estimate of drug-likeness (QED) is 0.190. The minimum Gasteiger partial charge on any atom is -0.390 e. The van der Waals surface area contributed by atoms with Gasteiger partial charge in [0.05, 0.1) is 17.6 Å². The van der Waals surface area contributed by atoms with Crippen LogP contribution >= 0.6 is 0 Å². The highest BCUT2D eigenvalue weighted by molar-refractivity contribution is 7.91. The van der Waals surface area contributed by atoms with Gasteiger partial charge in [0.1, 0.15) is 23.4 Å². The number of carbonyl (C=O) groups excluding carboxylic acids is 2. The van der Waals surface area contributed by atoms with Crippen molar-refractivity contribution in [2.75, 3.05) is 18.1 Å². The average Bonchev–Trinajstić information content (AvgIpc) is 3.40. The van der Waals surface area contributed by atoms with E-state index in [1.807, 2.05) is 32.0 Å². The van der Waals surface area contributed by atoms with Gasteiger partial charge in [-0.05, 0) is 66.6 Å². The Morgan fingerprint density at radius 1 is 1.05 bits per heavy atom. The van der Waals surface area contributed by atoms with Gasteiger partial charge in [-0.1, -0.05) is 44.5 Å². The number of aromatic nitrogens is 1. The number of H-pyrrole nitrogens is 1. The van der Waals surface area contributed by atoms with E-state index in [4.69, 9.17) is 5.73 Å². The van der Waals surface area contributed by atoms with E-state index in [0.29, 0.717) is 12.8 Å². The van der Waals surface area contributed by atoms with Gasteiger partial charge < -0.3 is 26.0 Å². The van der Waals surface area contributed by atoms with Crippen LogP contribution in [0.5, 0.6) is 0 Å². The number of nitrogens with zero attached hydrogens (tertiary/aromatic N) is 1. The van der Waals surface area contributed by atoms with E-state index in [0.717, 1.165) is 41.3 Å². The number of hydrogen-bond acceptors (Lipinski definition) is 6. The molecule has 0 aliphatic carbocycles. The number of halogens is 2. The van der Waals surface area contributed by atoms with Crippen LogP contribution < -0.4 is 11.1 Å². The Balaban J connectivity index is 1.93. The number of aliphatic hydroxyl groups excluding tert-OH is 1. The number of unbranched alkanes of at least 4 members (excludes halogenated alkanes) is 1. The third-order valence-electron chi connectivity index (χ3n) is 7.29. The molecule has 0 aliphatic heterocycles. The van der Waals surface area contributed by atoms with Crippen LogP contribution in [0, 0.1) is 18.6 Å². The van der Waals surface area contributed by atoms with Crippen molar-refractivity contribution < 1.29 is 31.9 Å². The topological polar surface area (TPSA) is 146 Å². The van der Waals surface area contributed by atoms with Crippen molar-refractivity contribution in [3.8, 4) is 0 Å². The highest BCUT2D eigenvalue weighted by Crippen LogP contribution is 2.16. The molecule has 0 saturated carbocycles. The van der Waals surface area contributed by atoms with E-state index in [1.54, 1.807) is 25.3 Å². The van der Waals surface area contributed by atoms with Crippen LogP contribution in [0.2, 0.25) is 0 Å². The number of hydrogen-bond donors (Lipinski definition) is 4. The first kappa shape index (κ1) is 34.9. The molecule has 1 aromatic heterocycles. The molecule has 0 fully saturated rings. The van der Waals surface area contributed by atoms with Gasteiger partial charge >= 0.3 is 0 Å². The van der Waals surface area contributed by atoms with Gasteiger partial charge in [0.15, 0.2) is 9.84 Å². The second-order valence-corrected chi connectivity index (χ2v) is 13.4. The maximum atomic E-state index is 14.1. The van der Waals surface area contributed by atoms with Gasteiger partial charge in [0, 0.05) is 31.4 Å². The highest BCUT2D eigenvalue weighted by Gasteiger charge is 2.33. The van der Waals surface area contributed by atoms with Crippen LogP contribution in [-0.4, -0.2) is 71.5 Å². The normalized spacial score (nSPS) is 13.7. The lowest BCUT2D eigenvalue weighted by Crippen LogP contribution is -2.54. The average molecular weight is 633 g/mol. The molecular weight excluding hydrogens is 590 g/mol. The zero-order valence-electron chi connectivity index (χ0n) is 25.4. The summed E-state index contributed by atoms with van der Waals surface area (Å²) in [6.07, 6.45) is 1.95. The molecule has 0 radical (unpaired) electrons. The molecule has 0 bridgehead atoms. The molecule has 2 aromatic carbocycles. The molecule has 3 aromatic rings. The van der Waals surface area contributed by atoms with Crippen molar-refractivity contribution in [1.82, 2.24) is 15.2 Å². The molecule has 1 heterocycles. The first-order valence-electron chi connectivity index (χ1n) is 14.7. The van der Waals surface area contributed by atoms with Crippen LogP contribution in [0.4, 0.5) is 8.78 Å². The monoisotopic (exact) mass is 632 g/mol. The summed E-state index contributed by atoms with van der Waals surface area (Å²) in [5.41, 5.74) is 9.14. The minimum atomic E-state index is -3.75. The number of aliphatic hydroxyl groups is 1. The summed E-state index contributed by atoms with van der Waals surface area (Å²) in [6, 6.07) is 9.53. The lowest BCUT2D eigenvalue weighted by Gasteiger charge is -2.31. The van der Waals surface area contributed by atoms with Crippen molar-refractivity contribution in [3.05, 3.63) is 94.3 Å². The van der Waals surface area contributed by atoms with Crippen LogP contribution in [-0.2, 0) is 34.0 Å². The standard InChI is InChI=1S/C32H42F2N4O5S/c1-4-6-10-44(42,43)20-29(37-31(40)28-11-21(3)17-36-28)32(41)38(18-23-9-7-8-22(5-2)12-23)19-30(39)27(35)15-24-13-25(33)16-26(34)14-24/h7-9,11-14,16-17,27,29-30,36,39H,4-6,10,15,18-20,35H2,1-3H3,(H,37,40)/t27-,29+,30+/m0/s1. The fourth-order valence-corrected chi connectivity index (χ4v) is 6.49. The van der Waals surface area contributed by atoms with E-state index < -0.39 is 57.2 Å². The lowest BCUT2D eigenvalue weighted by atomic mass is 10.0. The highest BCUT2D eigenvalue weighted by atomic mass is 32.2. The van der Waals surface area contributed by atoms with Crippen LogP contribution in [0.1, 0.15) is 59.4 Å². The first-order chi connectivity index (χ1) is 20.8. The molecule has 0 aliphatic rings. The number of rotatable bonds is 16. The second kappa shape index (κ2) is 15.9. The Bertz CT molecular complexity index is 1510. The van der Waals surface area contributed by atoms with E-state index in [1.165, 1.54) is 4.90 Å². The molecule has 240 valence electrons. The summed E-state index contributed by atoms with van der Waals surface area (Å²) in [5.74, 6) is -3.72. The number of sulfone groups is 1. The second-order valence-electron chi connectivity index (χ2n) is 11.2.